The number of primary amides is 1. The molecule has 0 radical (unpaired) electrons. The normalized spacial score (nSPS) is 14.4. The number of urea groups is 1. The first-order chi connectivity index (χ1) is 4.34. The van der Waals surface area contributed by atoms with Gasteiger partial charge in [-0.05, 0) is 0 Å². The number of amides is 2. The Bertz CT molecular complexity index is 134. The van der Waals surface area contributed by atoms with E-state index in [-0.39, 0.29) is 0 Å². The highest BCUT2D eigenvalue weighted by molar-refractivity contribution is 9.39. The molecule has 0 aliphatic carbocycles. The summed E-state index contributed by atoms with van der Waals surface area (Å²) in [5.41, 5.74) is 4.72. The molecule has 0 heterocycles. The van der Waals surface area contributed by atoms with Crippen LogP contribution in [0.25, 0.3) is 0 Å². The van der Waals surface area contributed by atoms with Crippen molar-refractivity contribution in [3.05, 3.63) is 0 Å². The van der Waals surface area contributed by atoms with Crippen LogP contribution in [-0.4, -0.2) is 19.5 Å². The zero-order valence-corrected chi connectivity index (χ0v) is 9.40. The third kappa shape index (κ3) is 4.48. The number of hydrogen-bond donors (Lipinski definition) is 3. The van der Waals surface area contributed by atoms with E-state index in [2.05, 4.69) is 47.8 Å². The molecule has 0 aromatic carbocycles. The van der Waals surface area contributed by atoms with Crippen LogP contribution in [0.2, 0.25) is 0 Å². The summed E-state index contributed by atoms with van der Waals surface area (Å²) in [5, 5.41) is 11.0. The highest BCUT2D eigenvalue weighted by Gasteiger charge is 2.29. The second-order valence-corrected chi connectivity index (χ2v) is 8.40. The van der Waals surface area contributed by atoms with Gasteiger partial charge in [-0.25, -0.2) is 4.79 Å². The smallest absolute Gasteiger partial charge is 0.314 e. The number of alkyl halides is 3. The summed E-state index contributed by atoms with van der Waals surface area (Å²) in [7, 11) is 0. The molecular formula is C3H5Br3N2O2. The summed E-state index contributed by atoms with van der Waals surface area (Å²) in [6.07, 6.45) is -1.13. The number of nitrogens with one attached hydrogen (secondary N) is 1. The maximum absolute atomic E-state index is 10.1. The SMILES string of the molecule is NC(=O)NC(O)C(Br)(Br)Br. The van der Waals surface area contributed by atoms with Crippen LogP contribution in [0.1, 0.15) is 0 Å². The average molecular weight is 341 g/mol. The molecule has 0 bridgehead atoms. The molecular weight excluding hydrogens is 336 g/mol. The monoisotopic (exact) mass is 338 g/mol. The van der Waals surface area contributed by atoms with Gasteiger partial charge in [0.2, 0.25) is 0 Å². The second kappa shape index (κ2) is 3.89. The predicted molar refractivity (Wildman–Crippen MR) is 48.2 cm³/mol. The van der Waals surface area contributed by atoms with Crippen LogP contribution in [0.15, 0.2) is 0 Å². The maximum atomic E-state index is 10.1. The van der Waals surface area contributed by atoms with Crippen molar-refractivity contribution in [2.45, 2.75) is 8.37 Å². The lowest BCUT2D eigenvalue weighted by Gasteiger charge is -2.19. The van der Waals surface area contributed by atoms with Crippen LogP contribution in [0.4, 0.5) is 4.79 Å². The summed E-state index contributed by atoms with van der Waals surface area (Å²) in [4.78, 5) is 10.1. The fourth-order valence-electron chi connectivity index (χ4n) is 0.217. The molecule has 2 amide bonds. The number of aliphatic hydroxyl groups is 1. The van der Waals surface area contributed by atoms with Crippen molar-refractivity contribution in [1.29, 1.82) is 0 Å². The molecule has 0 spiro atoms. The Labute approximate surface area is 82.9 Å². The van der Waals surface area contributed by atoms with Crippen molar-refractivity contribution >= 4 is 53.8 Å². The highest BCUT2D eigenvalue weighted by atomic mass is 80.0. The Morgan fingerprint density at radius 3 is 2.10 bits per heavy atom. The number of carbonyl (C=O) groups is 1. The van der Waals surface area contributed by atoms with Gasteiger partial charge in [-0.15, -0.1) is 0 Å². The molecule has 0 saturated carbocycles. The molecule has 0 saturated heterocycles. The van der Waals surface area contributed by atoms with Crippen molar-refractivity contribution in [3.63, 3.8) is 0 Å². The third-order valence-corrected chi connectivity index (χ3v) is 1.89. The molecule has 0 aliphatic heterocycles. The lowest BCUT2D eigenvalue weighted by molar-refractivity contribution is 0.156. The van der Waals surface area contributed by atoms with Crippen LogP contribution in [0.5, 0.6) is 0 Å². The molecule has 1 atom stereocenters. The van der Waals surface area contributed by atoms with Gasteiger partial charge in [0.15, 0.2) is 8.37 Å². The Hall–Kier alpha value is 0.670. The van der Waals surface area contributed by atoms with Gasteiger partial charge >= 0.3 is 6.03 Å². The standard InChI is InChI=1S/C3H5Br3N2O2/c4-3(5,6)1(9)8-2(7)10/h1,9H,(H3,7,8,10). The van der Waals surface area contributed by atoms with Crippen molar-refractivity contribution in [2.24, 2.45) is 5.73 Å². The third-order valence-electron chi connectivity index (χ3n) is 0.589. The molecule has 4 nitrogen and oxygen atoms in total. The highest BCUT2D eigenvalue weighted by Crippen LogP contribution is 2.35. The Morgan fingerprint density at radius 2 is 2.00 bits per heavy atom. The Kier molecular flexibility index (Phi) is 4.15. The van der Waals surface area contributed by atoms with Gasteiger partial charge in [-0.3, -0.25) is 0 Å². The minimum absolute atomic E-state index is 0.796. The number of hydrogen-bond acceptors (Lipinski definition) is 2. The zero-order valence-electron chi connectivity index (χ0n) is 4.64. The summed E-state index contributed by atoms with van der Waals surface area (Å²) in [6, 6.07) is -0.796. The van der Waals surface area contributed by atoms with Crippen molar-refractivity contribution in [2.75, 3.05) is 0 Å². The van der Waals surface area contributed by atoms with E-state index in [0.29, 0.717) is 0 Å². The molecule has 0 rings (SSSR count). The summed E-state index contributed by atoms with van der Waals surface area (Å²) >= 11 is 8.96. The lowest BCUT2D eigenvalue weighted by atomic mass is 10.6. The fourth-order valence-corrected chi connectivity index (χ4v) is 0.560. The topological polar surface area (TPSA) is 75.4 Å². The molecule has 0 aliphatic rings. The number of rotatable bonds is 1. The van der Waals surface area contributed by atoms with E-state index in [9.17, 15) is 4.79 Å². The van der Waals surface area contributed by atoms with E-state index in [4.69, 9.17) is 10.8 Å². The first-order valence-corrected chi connectivity index (χ1v) is 4.52. The molecule has 4 N–H and O–H groups in total. The first-order valence-electron chi connectivity index (χ1n) is 2.15. The summed E-state index contributed by atoms with van der Waals surface area (Å²) in [5.74, 6) is 0. The van der Waals surface area contributed by atoms with Crippen LogP contribution in [0, 0.1) is 0 Å². The summed E-state index contributed by atoms with van der Waals surface area (Å²) in [6.45, 7) is 0. The van der Waals surface area contributed by atoms with Crippen molar-refractivity contribution in [3.8, 4) is 0 Å². The number of halogens is 3. The van der Waals surface area contributed by atoms with Crippen LogP contribution >= 0.6 is 47.8 Å². The van der Waals surface area contributed by atoms with E-state index in [1.54, 1.807) is 0 Å². The minimum atomic E-state index is -1.13. The molecule has 0 aromatic heterocycles. The largest absolute Gasteiger partial charge is 0.370 e. The average Bonchev–Trinajstić information content (AvgIpc) is 1.60. The molecule has 0 aromatic rings. The predicted octanol–water partition coefficient (Wildman–Crippen LogP) is 0.812. The molecule has 10 heavy (non-hydrogen) atoms. The quantitative estimate of drug-likeness (QED) is 0.488. The Balaban J connectivity index is 3.85. The Morgan fingerprint density at radius 1 is 1.60 bits per heavy atom. The fraction of sp³-hybridized carbons (Fsp3) is 0.667. The lowest BCUT2D eigenvalue weighted by Crippen LogP contribution is -2.45. The van der Waals surface area contributed by atoms with E-state index in [1.807, 2.05) is 5.32 Å². The van der Waals surface area contributed by atoms with Gasteiger partial charge in [0.1, 0.15) is 0 Å². The second-order valence-electron chi connectivity index (χ2n) is 1.45. The van der Waals surface area contributed by atoms with E-state index < -0.39 is 14.4 Å². The van der Waals surface area contributed by atoms with Gasteiger partial charge in [-0.2, -0.15) is 0 Å². The molecule has 60 valence electrons. The van der Waals surface area contributed by atoms with Gasteiger partial charge in [0, 0.05) is 0 Å². The van der Waals surface area contributed by atoms with Crippen LogP contribution in [-0.2, 0) is 0 Å². The van der Waals surface area contributed by atoms with E-state index in [1.165, 1.54) is 0 Å². The summed E-state index contributed by atoms with van der Waals surface area (Å²) < 4.78 is -0.929. The minimum Gasteiger partial charge on any atom is -0.370 e. The molecule has 7 heteroatoms. The van der Waals surface area contributed by atoms with E-state index in [0.717, 1.165) is 0 Å². The zero-order chi connectivity index (χ0) is 8.36. The van der Waals surface area contributed by atoms with E-state index >= 15 is 0 Å². The van der Waals surface area contributed by atoms with Gasteiger partial charge in [0.05, 0.1) is 0 Å². The van der Waals surface area contributed by atoms with Gasteiger partial charge in [0.25, 0.3) is 0 Å². The van der Waals surface area contributed by atoms with Gasteiger partial charge < -0.3 is 16.2 Å². The number of aliphatic hydroxyl groups excluding tert-OH is 1. The van der Waals surface area contributed by atoms with Crippen LogP contribution in [0.3, 0.4) is 0 Å². The molecule has 0 fully saturated rings. The first kappa shape index (κ1) is 10.7. The van der Waals surface area contributed by atoms with Crippen molar-refractivity contribution in [1.82, 2.24) is 5.32 Å². The van der Waals surface area contributed by atoms with Crippen LogP contribution < -0.4 is 11.1 Å². The van der Waals surface area contributed by atoms with Crippen molar-refractivity contribution < 1.29 is 9.90 Å². The van der Waals surface area contributed by atoms with Gasteiger partial charge in [-0.1, -0.05) is 47.8 Å². The number of carbonyl (C=O) groups excluding carboxylic acids is 1. The maximum Gasteiger partial charge on any atom is 0.314 e. The number of nitrogens with two attached hydrogens (primary N) is 1. The molecule has 1 unspecified atom stereocenters.